The number of nitrogens with one attached hydrogen (secondary N) is 1. The topological polar surface area (TPSA) is 38.3 Å². The summed E-state index contributed by atoms with van der Waals surface area (Å²) < 4.78 is 18.6. The first-order chi connectivity index (χ1) is 8.65. The van der Waals surface area contributed by atoms with Crippen LogP contribution < -0.4 is 5.32 Å². The van der Waals surface area contributed by atoms with Gasteiger partial charge in [0.2, 0.25) is 0 Å². The lowest BCUT2D eigenvalue weighted by Crippen LogP contribution is -2.25. The van der Waals surface area contributed by atoms with E-state index in [1.54, 1.807) is 0 Å². The van der Waals surface area contributed by atoms with E-state index in [-0.39, 0.29) is 11.7 Å². The zero-order valence-corrected chi connectivity index (χ0v) is 11.9. The van der Waals surface area contributed by atoms with E-state index < -0.39 is 0 Å². The Labute approximate surface area is 115 Å². The van der Waals surface area contributed by atoms with Crippen molar-refractivity contribution in [1.29, 1.82) is 0 Å². The number of carbonyl (C=O) groups excluding carboxylic acids is 1. The number of carbonyl (C=O) groups is 1. The summed E-state index contributed by atoms with van der Waals surface area (Å²) in [6, 6.07) is 4.20. The second-order valence-corrected chi connectivity index (χ2v) is 4.71. The Bertz CT molecular complexity index is 399. The first kappa shape index (κ1) is 15.1. The normalized spacial score (nSPS) is 10.4. The van der Waals surface area contributed by atoms with Crippen LogP contribution in [0.4, 0.5) is 4.39 Å². The van der Waals surface area contributed by atoms with Crippen LogP contribution in [0.2, 0.25) is 0 Å². The highest BCUT2D eigenvalue weighted by Gasteiger charge is 2.07. The van der Waals surface area contributed by atoms with Gasteiger partial charge in [0.25, 0.3) is 5.91 Å². The first-order valence-electron chi connectivity index (χ1n) is 5.96. The van der Waals surface area contributed by atoms with Gasteiger partial charge in [0, 0.05) is 25.3 Å². The van der Waals surface area contributed by atoms with E-state index >= 15 is 0 Å². The second-order valence-electron chi connectivity index (χ2n) is 3.85. The summed E-state index contributed by atoms with van der Waals surface area (Å²) in [5, 5.41) is 2.76. The van der Waals surface area contributed by atoms with Gasteiger partial charge in [-0.25, -0.2) is 4.39 Å². The molecule has 0 radical (unpaired) electrons. The monoisotopic (exact) mass is 317 g/mol. The minimum Gasteiger partial charge on any atom is -0.381 e. The van der Waals surface area contributed by atoms with Crippen molar-refractivity contribution in [3.8, 4) is 0 Å². The Hall–Kier alpha value is -0.940. The van der Waals surface area contributed by atoms with Gasteiger partial charge in [-0.3, -0.25) is 4.79 Å². The van der Waals surface area contributed by atoms with Gasteiger partial charge in [-0.15, -0.1) is 0 Å². The predicted octanol–water partition coefficient (Wildman–Crippen LogP) is 3.13. The van der Waals surface area contributed by atoms with Gasteiger partial charge >= 0.3 is 0 Å². The molecule has 0 saturated carbocycles. The highest BCUT2D eigenvalue weighted by Crippen LogP contribution is 2.16. The maximum absolute atomic E-state index is 13.0. The molecule has 0 aliphatic heterocycles. The van der Waals surface area contributed by atoms with E-state index in [1.807, 2.05) is 6.92 Å². The summed E-state index contributed by atoms with van der Waals surface area (Å²) in [6.07, 6.45) is 1.77. The van der Waals surface area contributed by atoms with Crippen LogP contribution in [0.15, 0.2) is 22.7 Å². The van der Waals surface area contributed by atoms with Gasteiger partial charge in [-0.1, -0.05) is 6.92 Å². The Morgan fingerprint density at radius 3 is 2.89 bits per heavy atom. The number of benzene rings is 1. The van der Waals surface area contributed by atoms with Gasteiger partial charge in [-0.05, 0) is 47.0 Å². The van der Waals surface area contributed by atoms with Crippen LogP contribution in [-0.4, -0.2) is 25.7 Å². The summed E-state index contributed by atoms with van der Waals surface area (Å²) in [5.74, 6) is -0.578. The van der Waals surface area contributed by atoms with E-state index in [2.05, 4.69) is 21.2 Å². The molecule has 3 nitrogen and oxygen atoms in total. The Morgan fingerprint density at radius 2 is 2.22 bits per heavy atom. The van der Waals surface area contributed by atoms with Gasteiger partial charge in [0.05, 0.1) is 4.47 Å². The van der Waals surface area contributed by atoms with Gasteiger partial charge in [0.1, 0.15) is 5.82 Å². The van der Waals surface area contributed by atoms with Crippen molar-refractivity contribution in [3.63, 3.8) is 0 Å². The van der Waals surface area contributed by atoms with Crippen molar-refractivity contribution in [2.45, 2.75) is 19.8 Å². The molecule has 1 aromatic rings. The Balaban J connectivity index is 2.30. The fourth-order valence-corrected chi connectivity index (χ4v) is 1.74. The van der Waals surface area contributed by atoms with Crippen molar-refractivity contribution in [2.24, 2.45) is 0 Å². The molecule has 0 heterocycles. The molecule has 0 atom stereocenters. The maximum atomic E-state index is 13.0. The molecular weight excluding hydrogens is 301 g/mol. The number of hydrogen-bond acceptors (Lipinski definition) is 2. The minimum atomic E-state index is -0.375. The lowest BCUT2D eigenvalue weighted by atomic mass is 10.2. The van der Waals surface area contributed by atoms with Crippen LogP contribution in [0.1, 0.15) is 30.1 Å². The fraction of sp³-hybridized carbons (Fsp3) is 0.462. The number of hydrogen-bond donors (Lipinski definition) is 1. The fourth-order valence-electron chi connectivity index (χ4n) is 1.36. The van der Waals surface area contributed by atoms with Crippen molar-refractivity contribution >= 4 is 21.8 Å². The molecule has 0 spiro atoms. The maximum Gasteiger partial charge on any atom is 0.251 e. The van der Waals surface area contributed by atoms with E-state index in [0.717, 1.165) is 19.4 Å². The van der Waals surface area contributed by atoms with E-state index in [9.17, 15) is 9.18 Å². The molecule has 1 aromatic carbocycles. The number of ether oxygens (including phenoxy) is 1. The van der Waals surface area contributed by atoms with Gasteiger partial charge < -0.3 is 10.1 Å². The molecule has 1 N–H and O–H groups in total. The van der Waals surface area contributed by atoms with Crippen molar-refractivity contribution in [2.75, 3.05) is 19.8 Å². The Kier molecular flexibility index (Phi) is 6.90. The third kappa shape index (κ3) is 5.14. The van der Waals surface area contributed by atoms with E-state index in [0.29, 0.717) is 23.2 Å². The standard InChI is InChI=1S/C13H17BrFNO2/c1-2-7-18-8-3-6-16-13(17)10-4-5-12(15)11(14)9-10/h4-5,9H,2-3,6-8H2,1H3,(H,16,17). The van der Waals surface area contributed by atoms with E-state index in [4.69, 9.17) is 4.74 Å². The molecule has 18 heavy (non-hydrogen) atoms. The third-order valence-electron chi connectivity index (χ3n) is 2.28. The molecule has 1 rings (SSSR count). The quantitative estimate of drug-likeness (QED) is 0.785. The average Bonchev–Trinajstić information content (AvgIpc) is 2.36. The van der Waals surface area contributed by atoms with Gasteiger partial charge in [0.15, 0.2) is 0 Å². The predicted molar refractivity (Wildman–Crippen MR) is 72.2 cm³/mol. The van der Waals surface area contributed by atoms with Crippen molar-refractivity contribution in [3.05, 3.63) is 34.1 Å². The largest absolute Gasteiger partial charge is 0.381 e. The summed E-state index contributed by atoms with van der Waals surface area (Å²) in [7, 11) is 0. The molecule has 0 unspecified atom stereocenters. The van der Waals surface area contributed by atoms with Crippen LogP contribution in [0, 0.1) is 5.82 Å². The molecule has 5 heteroatoms. The molecule has 0 saturated heterocycles. The lowest BCUT2D eigenvalue weighted by molar-refractivity contribution is 0.0941. The lowest BCUT2D eigenvalue weighted by Gasteiger charge is -2.06. The van der Waals surface area contributed by atoms with Crippen LogP contribution in [-0.2, 0) is 4.74 Å². The molecule has 100 valence electrons. The highest BCUT2D eigenvalue weighted by atomic mass is 79.9. The summed E-state index contributed by atoms with van der Waals surface area (Å²) >= 11 is 3.05. The molecular formula is C13H17BrFNO2. The van der Waals surface area contributed by atoms with Crippen LogP contribution in [0.5, 0.6) is 0 Å². The zero-order chi connectivity index (χ0) is 13.4. The SMILES string of the molecule is CCCOCCCNC(=O)c1ccc(F)c(Br)c1. The smallest absolute Gasteiger partial charge is 0.251 e. The molecule has 0 bridgehead atoms. The number of amides is 1. The third-order valence-corrected chi connectivity index (χ3v) is 2.89. The zero-order valence-electron chi connectivity index (χ0n) is 10.3. The Morgan fingerprint density at radius 1 is 1.44 bits per heavy atom. The first-order valence-corrected chi connectivity index (χ1v) is 6.75. The summed E-state index contributed by atoms with van der Waals surface area (Å²) in [5.41, 5.74) is 0.442. The average molecular weight is 318 g/mol. The second kappa shape index (κ2) is 8.21. The van der Waals surface area contributed by atoms with E-state index in [1.165, 1.54) is 18.2 Å². The molecule has 1 amide bonds. The minimum absolute atomic E-state index is 0.203. The van der Waals surface area contributed by atoms with Crippen molar-refractivity contribution in [1.82, 2.24) is 5.32 Å². The highest BCUT2D eigenvalue weighted by molar-refractivity contribution is 9.10. The van der Waals surface area contributed by atoms with Crippen LogP contribution in [0.3, 0.4) is 0 Å². The number of halogens is 2. The van der Waals surface area contributed by atoms with Crippen LogP contribution in [0.25, 0.3) is 0 Å². The molecule has 0 aliphatic carbocycles. The van der Waals surface area contributed by atoms with Crippen molar-refractivity contribution < 1.29 is 13.9 Å². The summed E-state index contributed by atoms with van der Waals surface area (Å²) in [6.45, 7) is 3.99. The molecule has 0 aliphatic rings. The van der Waals surface area contributed by atoms with Crippen LogP contribution >= 0.6 is 15.9 Å². The molecule has 0 fully saturated rings. The summed E-state index contributed by atoms with van der Waals surface area (Å²) in [4.78, 5) is 11.7. The number of rotatable bonds is 7. The van der Waals surface area contributed by atoms with Gasteiger partial charge in [-0.2, -0.15) is 0 Å². The molecule has 0 aromatic heterocycles.